The summed E-state index contributed by atoms with van der Waals surface area (Å²) in [5.74, 6) is -0.615. The molecule has 0 radical (unpaired) electrons. The first-order valence-electron chi connectivity index (χ1n) is 8.50. The summed E-state index contributed by atoms with van der Waals surface area (Å²) in [5.41, 5.74) is 1.53. The van der Waals surface area contributed by atoms with E-state index in [4.69, 9.17) is 9.47 Å². The SMILES string of the molecule is COc1cc(C=CC(=O)c2ccccc2)ccc1OC(=O)c1ccc(F)cc1. The predicted octanol–water partition coefficient (Wildman–Crippen LogP) is 4.95. The highest BCUT2D eigenvalue weighted by molar-refractivity contribution is 6.06. The molecule has 3 aromatic rings. The molecule has 0 amide bonds. The molecule has 0 atom stereocenters. The molecule has 140 valence electrons. The molecule has 0 aliphatic carbocycles. The van der Waals surface area contributed by atoms with E-state index in [9.17, 15) is 14.0 Å². The van der Waals surface area contributed by atoms with Crippen molar-refractivity contribution in [3.8, 4) is 11.5 Å². The molecule has 3 rings (SSSR count). The fourth-order valence-corrected chi connectivity index (χ4v) is 2.49. The minimum atomic E-state index is -0.624. The van der Waals surface area contributed by atoms with Gasteiger partial charge in [0.05, 0.1) is 12.7 Å². The summed E-state index contributed by atoms with van der Waals surface area (Å²) in [6.07, 6.45) is 3.12. The van der Waals surface area contributed by atoms with Crippen LogP contribution >= 0.6 is 0 Å². The van der Waals surface area contributed by atoms with Crippen LogP contribution in [0.3, 0.4) is 0 Å². The van der Waals surface area contributed by atoms with Gasteiger partial charge in [-0.05, 0) is 48.0 Å². The van der Waals surface area contributed by atoms with E-state index in [1.807, 2.05) is 6.07 Å². The zero-order chi connectivity index (χ0) is 19.9. The van der Waals surface area contributed by atoms with Crippen molar-refractivity contribution in [3.63, 3.8) is 0 Å². The average molecular weight is 376 g/mol. The molecule has 0 saturated carbocycles. The Morgan fingerprint density at radius 1 is 0.857 bits per heavy atom. The number of hydrogen-bond donors (Lipinski definition) is 0. The summed E-state index contributed by atoms with van der Waals surface area (Å²) in [6, 6.07) is 18.9. The van der Waals surface area contributed by atoms with Crippen LogP contribution in [0.15, 0.2) is 78.9 Å². The molecule has 4 nitrogen and oxygen atoms in total. The number of allylic oxidation sites excluding steroid dienone is 1. The van der Waals surface area contributed by atoms with Crippen LogP contribution in [-0.2, 0) is 0 Å². The van der Waals surface area contributed by atoms with Crippen molar-refractivity contribution in [2.24, 2.45) is 0 Å². The molecule has 28 heavy (non-hydrogen) atoms. The van der Waals surface area contributed by atoms with Gasteiger partial charge in [-0.15, -0.1) is 0 Å². The number of ether oxygens (including phenoxy) is 2. The Morgan fingerprint density at radius 2 is 1.57 bits per heavy atom. The molecular weight excluding hydrogens is 359 g/mol. The molecule has 0 aliphatic heterocycles. The number of carbonyl (C=O) groups excluding carboxylic acids is 2. The monoisotopic (exact) mass is 376 g/mol. The Balaban J connectivity index is 1.75. The Labute approximate surface area is 161 Å². The van der Waals surface area contributed by atoms with Crippen molar-refractivity contribution < 1.29 is 23.5 Å². The first-order valence-corrected chi connectivity index (χ1v) is 8.50. The zero-order valence-electron chi connectivity index (χ0n) is 15.1. The van der Waals surface area contributed by atoms with Gasteiger partial charge in [0.15, 0.2) is 17.3 Å². The Bertz CT molecular complexity index is 1010. The number of rotatable bonds is 6. The van der Waals surface area contributed by atoms with Gasteiger partial charge in [0.25, 0.3) is 0 Å². The minimum absolute atomic E-state index is 0.119. The molecule has 0 N–H and O–H groups in total. The summed E-state index contributed by atoms with van der Waals surface area (Å²) in [5, 5.41) is 0. The van der Waals surface area contributed by atoms with E-state index in [1.54, 1.807) is 48.5 Å². The van der Waals surface area contributed by atoms with Gasteiger partial charge in [-0.25, -0.2) is 9.18 Å². The third-order valence-corrected chi connectivity index (χ3v) is 3.96. The lowest BCUT2D eigenvalue weighted by Crippen LogP contribution is -2.09. The first-order chi connectivity index (χ1) is 13.6. The predicted molar refractivity (Wildman–Crippen MR) is 104 cm³/mol. The lowest BCUT2D eigenvalue weighted by Gasteiger charge is -2.10. The van der Waals surface area contributed by atoms with Gasteiger partial charge in [-0.3, -0.25) is 4.79 Å². The van der Waals surface area contributed by atoms with Crippen LogP contribution in [0, 0.1) is 5.82 Å². The van der Waals surface area contributed by atoms with Crippen molar-refractivity contribution in [3.05, 3.63) is 101 Å². The van der Waals surface area contributed by atoms with Crippen molar-refractivity contribution >= 4 is 17.8 Å². The van der Waals surface area contributed by atoms with Gasteiger partial charge < -0.3 is 9.47 Å². The van der Waals surface area contributed by atoms with Crippen molar-refractivity contribution in [1.82, 2.24) is 0 Å². The van der Waals surface area contributed by atoms with Gasteiger partial charge in [-0.2, -0.15) is 0 Å². The van der Waals surface area contributed by atoms with E-state index in [-0.39, 0.29) is 17.1 Å². The quantitative estimate of drug-likeness (QED) is 0.264. The Morgan fingerprint density at radius 3 is 2.25 bits per heavy atom. The van der Waals surface area contributed by atoms with E-state index in [0.717, 1.165) is 0 Å². The van der Waals surface area contributed by atoms with Crippen molar-refractivity contribution in [2.75, 3.05) is 7.11 Å². The maximum Gasteiger partial charge on any atom is 0.343 e. The van der Waals surface area contributed by atoms with Crippen LogP contribution in [0.1, 0.15) is 26.3 Å². The number of ketones is 1. The third kappa shape index (κ3) is 4.71. The number of carbonyl (C=O) groups is 2. The van der Waals surface area contributed by atoms with Gasteiger partial charge in [0.1, 0.15) is 5.82 Å². The maximum absolute atomic E-state index is 13.0. The summed E-state index contributed by atoms with van der Waals surface area (Å²) in [6.45, 7) is 0. The minimum Gasteiger partial charge on any atom is -0.493 e. The van der Waals surface area contributed by atoms with Crippen LogP contribution in [0.4, 0.5) is 4.39 Å². The number of esters is 1. The van der Waals surface area contributed by atoms with E-state index >= 15 is 0 Å². The lowest BCUT2D eigenvalue weighted by atomic mass is 10.1. The summed E-state index contributed by atoms with van der Waals surface area (Å²) in [4.78, 5) is 24.3. The van der Waals surface area contributed by atoms with Crippen molar-refractivity contribution in [1.29, 1.82) is 0 Å². The molecule has 0 aliphatic rings. The molecule has 0 bridgehead atoms. The second-order valence-electron chi connectivity index (χ2n) is 5.87. The highest BCUT2D eigenvalue weighted by Crippen LogP contribution is 2.29. The van der Waals surface area contributed by atoms with Crippen LogP contribution in [-0.4, -0.2) is 18.9 Å². The number of halogens is 1. The standard InChI is InChI=1S/C23H17FO4/c1-27-22-15-16(7-13-20(25)17-5-3-2-4-6-17)8-14-21(22)28-23(26)18-9-11-19(24)12-10-18/h2-15H,1H3. The lowest BCUT2D eigenvalue weighted by molar-refractivity contribution is 0.0729. The highest BCUT2D eigenvalue weighted by Gasteiger charge is 2.13. The topological polar surface area (TPSA) is 52.6 Å². The molecule has 0 aromatic heterocycles. The molecule has 0 heterocycles. The number of hydrogen-bond acceptors (Lipinski definition) is 4. The van der Waals surface area contributed by atoms with E-state index in [2.05, 4.69) is 0 Å². The van der Waals surface area contributed by atoms with Gasteiger partial charge in [0.2, 0.25) is 0 Å². The molecular formula is C23H17FO4. The van der Waals surface area contributed by atoms with Crippen LogP contribution in [0.25, 0.3) is 6.08 Å². The first kappa shape index (κ1) is 19.0. The summed E-state index contributed by atoms with van der Waals surface area (Å²) < 4.78 is 23.6. The van der Waals surface area contributed by atoms with Gasteiger partial charge >= 0.3 is 5.97 Å². The van der Waals surface area contributed by atoms with E-state index < -0.39 is 11.8 Å². The molecule has 0 unspecified atom stereocenters. The Kier molecular flexibility index (Phi) is 5.97. The molecule has 0 spiro atoms. The van der Waals surface area contributed by atoms with Crippen LogP contribution < -0.4 is 9.47 Å². The third-order valence-electron chi connectivity index (χ3n) is 3.96. The average Bonchev–Trinajstić information content (AvgIpc) is 2.73. The zero-order valence-corrected chi connectivity index (χ0v) is 15.1. The fourth-order valence-electron chi connectivity index (χ4n) is 2.49. The normalized spacial score (nSPS) is 10.6. The van der Waals surface area contributed by atoms with Crippen molar-refractivity contribution in [2.45, 2.75) is 0 Å². The maximum atomic E-state index is 13.0. The van der Waals surface area contributed by atoms with Crippen LogP contribution in [0.2, 0.25) is 0 Å². The second-order valence-corrected chi connectivity index (χ2v) is 5.87. The molecule has 0 saturated heterocycles. The highest BCUT2D eigenvalue weighted by atomic mass is 19.1. The van der Waals surface area contributed by atoms with Crippen LogP contribution in [0.5, 0.6) is 11.5 Å². The second kappa shape index (κ2) is 8.77. The summed E-state index contributed by atoms with van der Waals surface area (Å²) in [7, 11) is 1.45. The number of methoxy groups -OCH3 is 1. The molecule has 5 heteroatoms. The van der Waals surface area contributed by atoms with E-state index in [1.165, 1.54) is 37.5 Å². The fraction of sp³-hybridized carbons (Fsp3) is 0.0435. The Hall–Kier alpha value is -3.73. The smallest absolute Gasteiger partial charge is 0.343 e. The van der Waals surface area contributed by atoms with E-state index in [0.29, 0.717) is 16.9 Å². The summed E-state index contributed by atoms with van der Waals surface area (Å²) >= 11 is 0. The number of benzene rings is 3. The van der Waals surface area contributed by atoms with Gasteiger partial charge in [-0.1, -0.05) is 42.5 Å². The largest absolute Gasteiger partial charge is 0.493 e. The molecule has 3 aromatic carbocycles. The molecule has 0 fully saturated rings. The van der Waals surface area contributed by atoms with Gasteiger partial charge in [0, 0.05) is 5.56 Å².